The summed E-state index contributed by atoms with van der Waals surface area (Å²) in [6.45, 7) is 5.84. The van der Waals surface area contributed by atoms with E-state index < -0.39 is 48.2 Å². The number of nitrogens with zero attached hydrogens (tertiary/aromatic N) is 2. The molecule has 0 saturated carbocycles. The van der Waals surface area contributed by atoms with E-state index in [1.165, 1.54) is 16.7 Å². The van der Waals surface area contributed by atoms with Crippen molar-refractivity contribution in [3.63, 3.8) is 0 Å². The van der Waals surface area contributed by atoms with Gasteiger partial charge in [0.15, 0.2) is 0 Å². The average Bonchev–Trinajstić information content (AvgIpc) is 3.23. The smallest absolute Gasteiger partial charge is 0.322 e. The molecule has 1 saturated heterocycles. The van der Waals surface area contributed by atoms with Gasteiger partial charge in [0.2, 0.25) is 29.5 Å². The summed E-state index contributed by atoms with van der Waals surface area (Å²) < 4.78 is 0. The number of hydrogen-bond acceptors (Lipinski definition) is 6. The van der Waals surface area contributed by atoms with E-state index in [1.54, 1.807) is 20.8 Å². The highest BCUT2D eigenvalue weighted by Crippen LogP contribution is 2.17. The van der Waals surface area contributed by atoms with Gasteiger partial charge in [0.05, 0.1) is 13.1 Å². The molecular weight excluding hydrogens is 422 g/mol. The number of aliphatic carboxylic acids is 1. The highest BCUT2D eigenvalue weighted by molar-refractivity contribution is 5.94. The van der Waals surface area contributed by atoms with Crippen LogP contribution in [0.3, 0.4) is 0 Å². The van der Waals surface area contributed by atoms with E-state index in [0.717, 1.165) is 0 Å². The Morgan fingerprint density at radius 2 is 1.66 bits per heavy atom. The predicted molar refractivity (Wildman–Crippen MR) is 113 cm³/mol. The number of nitrogens with one attached hydrogen (secondary N) is 3. The van der Waals surface area contributed by atoms with Gasteiger partial charge in [0.1, 0.15) is 18.6 Å². The molecule has 12 heteroatoms. The van der Waals surface area contributed by atoms with Crippen LogP contribution in [0.1, 0.15) is 47.0 Å². The van der Waals surface area contributed by atoms with Gasteiger partial charge in [-0.2, -0.15) is 0 Å². The summed E-state index contributed by atoms with van der Waals surface area (Å²) in [5, 5.41) is 15.9. The van der Waals surface area contributed by atoms with Crippen molar-refractivity contribution in [3.8, 4) is 0 Å². The van der Waals surface area contributed by atoms with Gasteiger partial charge in [0.25, 0.3) is 0 Å². The van der Waals surface area contributed by atoms with E-state index in [-0.39, 0.29) is 31.5 Å². The second-order valence-corrected chi connectivity index (χ2v) is 7.78. The van der Waals surface area contributed by atoms with E-state index >= 15 is 0 Å². The number of likely N-dealkylation sites (tertiary alicyclic amines) is 1. The SMILES string of the molecule is CCC(=O)NCC(=O)N(C(C)C)C(C)C(=O)NCC(=O)N1CCCC1C(=O)NCC(=O)O. The third-order valence-corrected chi connectivity index (χ3v) is 5.10. The van der Waals surface area contributed by atoms with E-state index in [4.69, 9.17) is 5.11 Å². The van der Waals surface area contributed by atoms with Crippen molar-refractivity contribution in [2.24, 2.45) is 0 Å². The third-order valence-electron chi connectivity index (χ3n) is 5.10. The molecule has 1 aliphatic heterocycles. The van der Waals surface area contributed by atoms with Crippen LogP contribution >= 0.6 is 0 Å². The van der Waals surface area contributed by atoms with Gasteiger partial charge in [-0.25, -0.2) is 0 Å². The maximum Gasteiger partial charge on any atom is 0.322 e. The Morgan fingerprint density at radius 1 is 1.00 bits per heavy atom. The van der Waals surface area contributed by atoms with Crippen LogP contribution < -0.4 is 16.0 Å². The van der Waals surface area contributed by atoms with Crippen LogP contribution in [-0.4, -0.2) is 94.7 Å². The molecule has 180 valence electrons. The van der Waals surface area contributed by atoms with Crippen LogP contribution in [0.25, 0.3) is 0 Å². The third kappa shape index (κ3) is 7.82. The normalized spacial score (nSPS) is 16.3. The number of hydrogen-bond donors (Lipinski definition) is 4. The van der Waals surface area contributed by atoms with E-state index in [2.05, 4.69) is 16.0 Å². The van der Waals surface area contributed by atoms with Crippen LogP contribution in [-0.2, 0) is 28.8 Å². The molecule has 0 bridgehead atoms. The Morgan fingerprint density at radius 3 is 2.22 bits per heavy atom. The molecule has 0 aliphatic carbocycles. The first-order chi connectivity index (χ1) is 15.0. The van der Waals surface area contributed by atoms with Crippen molar-refractivity contribution in [3.05, 3.63) is 0 Å². The Labute approximate surface area is 187 Å². The van der Waals surface area contributed by atoms with Gasteiger partial charge < -0.3 is 30.9 Å². The lowest BCUT2D eigenvalue weighted by atomic mass is 10.2. The first-order valence-corrected chi connectivity index (χ1v) is 10.6. The molecule has 1 rings (SSSR count). The second-order valence-electron chi connectivity index (χ2n) is 7.78. The van der Waals surface area contributed by atoms with E-state index in [9.17, 15) is 28.8 Å². The summed E-state index contributed by atoms with van der Waals surface area (Å²) in [7, 11) is 0. The summed E-state index contributed by atoms with van der Waals surface area (Å²) in [4.78, 5) is 74.5. The summed E-state index contributed by atoms with van der Waals surface area (Å²) in [5.41, 5.74) is 0. The molecule has 0 aromatic carbocycles. The lowest BCUT2D eigenvalue weighted by molar-refractivity contribution is -0.143. The van der Waals surface area contributed by atoms with Crippen molar-refractivity contribution in [1.29, 1.82) is 0 Å². The number of amides is 5. The maximum absolute atomic E-state index is 12.6. The summed E-state index contributed by atoms with van der Waals surface area (Å²) in [6, 6.07) is -1.99. The molecule has 4 N–H and O–H groups in total. The molecule has 0 aromatic heterocycles. The molecule has 5 amide bonds. The quantitative estimate of drug-likeness (QED) is 0.293. The van der Waals surface area contributed by atoms with Crippen LogP contribution in [0.2, 0.25) is 0 Å². The van der Waals surface area contributed by atoms with E-state index in [0.29, 0.717) is 19.4 Å². The number of carbonyl (C=O) groups is 6. The molecule has 2 atom stereocenters. The number of carboxylic acid groups (broad SMARTS) is 1. The maximum atomic E-state index is 12.6. The molecule has 1 fully saturated rings. The number of rotatable bonds is 11. The largest absolute Gasteiger partial charge is 0.480 e. The molecule has 1 heterocycles. The van der Waals surface area contributed by atoms with Crippen molar-refractivity contribution in [1.82, 2.24) is 25.8 Å². The molecule has 12 nitrogen and oxygen atoms in total. The first kappa shape index (κ1) is 26.9. The highest BCUT2D eigenvalue weighted by atomic mass is 16.4. The Bertz CT molecular complexity index is 740. The summed E-state index contributed by atoms with van der Waals surface area (Å²) in [5.74, 6) is -3.47. The fraction of sp³-hybridized carbons (Fsp3) is 0.700. The first-order valence-electron chi connectivity index (χ1n) is 10.6. The zero-order valence-corrected chi connectivity index (χ0v) is 19.0. The second kappa shape index (κ2) is 12.6. The fourth-order valence-corrected chi connectivity index (χ4v) is 3.50. The Balaban J connectivity index is 2.66. The minimum Gasteiger partial charge on any atom is -0.480 e. The van der Waals surface area contributed by atoms with Crippen molar-refractivity contribution in [2.75, 3.05) is 26.2 Å². The fourth-order valence-electron chi connectivity index (χ4n) is 3.50. The van der Waals surface area contributed by atoms with Crippen LogP contribution in [0.4, 0.5) is 0 Å². The van der Waals surface area contributed by atoms with Crippen molar-refractivity contribution < 1.29 is 33.9 Å². The van der Waals surface area contributed by atoms with Gasteiger partial charge in [-0.05, 0) is 33.6 Å². The van der Waals surface area contributed by atoms with Gasteiger partial charge in [-0.1, -0.05) is 6.92 Å². The topological polar surface area (TPSA) is 165 Å². The molecule has 0 spiro atoms. The standard InChI is InChI=1S/C20H33N5O7/c1-5-15(26)21-10-17(28)25(12(2)3)13(4)19(31)22-9-16(27)24-8-6-7-14(24)20(32)23-11-18(29)30/h12-14H,5-11H2,1-4H3,(H,21,26)(H,22,31)(H,23,32)(H,29,30). The Hall–Kier alpha value is -3.18. The number of carboxylic acids is 1. The molecule has 2 unspecified atom stereocenters. The minimum absolute atomic E-state index is 0.234. The van der Waals surface area contributed by atoms with Crippen LogP contribution in [0.15, 0.2) is 0 Å². The lowest BCUT2D eigenvalue weighted by Gasteiger charge is -2.32. The van der Waals surface area contributed by atoms with Gasteiger partial charge in [-0.15, -0.1) is 0 Å². The van der Waals surface area contributed by atoms with Crippen LogP contribution in [0, 0.1) is 0 Å². The zero-order chi connectivity index (χ0) is 24.4. The molecular formula is C20H33N5O7. The monoisotopic (exact) mass is 455 g/mol. The summed E-state index contributed by atoms with van der Waals surface area (Å²) >= 11 is 0. The van der Waals surface area contributed by atoms with Crippen molar-refractivity contribution in [2.45, 2.75) is 65.1 Å². The number of carbonyl (C=O) groups excluding carboxylic acids is 5. The van der Waals surface area contributed by atoms with Crippen LogP contribution in [0.5, 0.6) is 0 Å². The van der Waals surface area contributed by atoms with Gasteiger partial charge in [0, 0.05) is 19.0 Å². The average molecular weight is 456 g/mol. The van der Waals surface area contributed by atoms with Gasteiger partial charge in [-0.3, -0.25) is 28.8 Å². The molecule has 0 radical (unpaired) electrons. The minimum atomic E-state index is -1.19. The molecule has 0 aromatic rings. The zero-order valence-electron chi connectivity index (χ0n) is 19.0. The highest BCUT2D eigenvalue weighted by Gasteiger charge is 2.35. The predicted octanol–water partition coefficient (Wildman–Crippen LogP) is -1.55. The van der Waals surface area contributed by atoms with Crippen molar-refractivity contribution >= 4 is 35.5 Å². The van der Waals surface area contributed by atoms with Gasteiger partial charge >= 0.3 is 5.97 Å². The Kier molecular flexibility index (Phi) is 10.6. The molecule has 1 aliphatic rings. The van der Waals surface area contributed by atoms with E-state index in [1.807, 2.05) is 0 Å². The summed E-state index contributed by atoms with van der Waals surface area (Å²) in [6.07, 6.45) is 1.22. The lowest BCUT2D eigenvalue weighted by Crippen LogP contribution is -2.55. The molecule has 32 heavy (non-hydrogen) atoms.